The van der Waals surface area contributed by atoms with Gasteiger partial charge in [-0.25, -0.2) is 10.4 Å². The van der Waals surface area contributed by atoms with Crippen LogP contribution in [-0.4, -0.2) is 16.6 Å². The number of rotatable bonds is 3. The van der Waals surface area contributed by atoms with Gasteiger partial charge in [0.1, 0.15) is 0 Å². The van der Waals surface area contributed by atoms with Gasteiger partial charge in [0.15, 0.2) is 0 Å². The Morgan fingerprint density at radius 2 is 1.93 bits per heavy atom. The number of fused-ring (bicyclic) bond motifs is 3. The highest BCUT2D eigenvalue weighted by Gasteiger charge is 2.36. The minimum atomic E-state index is -0.206. The average molecular weight is 390 g/mol. The number of nitrogens with zero attached hydrogens (tertiary/aromatic N) is 2. The zero-order valence-electron chi connectivity index (χ0n) is 15.4. The highest BCUT2D eigenvalue weighted by Crippen LogP contribution is 2.42. The number of nitrogens with one attached hydrogen (secondary N) is 1. The molecule has 1 N–H and O–H groups in total. The lowest BCUT2D eigenvalue weighted by Gasteiger charge is -2.13. The number of carbonyl (C=O) groups is 1. The first-order chi connectivity index (χ1) is 13.7. The molecule has 0 aliphatic heterocycles. The lowest BCUT2D eigenvalue weighted by Crippen LogP contribution is -2.22. The van der Waals surface area contributed by atoms with Crippen LogP contribution in [0, 0.1) is 11.8 Å². The largest absolute Gasteiger partial charge is 0.272 e. The van der Waals surface area contributed by atoms with E-state index < -0.39 is 0 Å². The van der Waals surface area contributed by atoms with Gasteiger partial charge in [0, 0.05) is 21.7 Å². The van der Waals surface area contributed by atoms with Gasteiger partial charge in [-0.1, -0.05) is 48.0 Å². The Kier molecular flexibility index (Phi) is 4.36. The van der Waals surface area contributed by atoms with Crippen molar-refractivity contribution in [2.45, 2.75) is 25.7 Å². The fourth-order valence-corrected chi connectivity index (χ4v) is 4.75. The van der Waals surface area contributed by atoms with Gasteiger partial charge in [-0.15, -0.1) is 0 Å². The Balaban J connectivity index is 1.53. The summed E-state index contributed by atoms with van der Waals surface area (Å²) in [5.74, 6) is 1.11. The number of hydrogen-bond acceptors (Lipinski definition) is 3. The fourth-order valence-electron chi connectivity index (χ4n) is 4.52. The molecule has 2 unspecified atom stereocenters. The molecule has 2 saturated carbocycles. The van der Waals surface area contributed by atoms with Crippen molar-refractivity contribution in [3.63, 3.8) is 0 Å². The second-order valence-electron chi connectivity index (χ2n) is 7.68. The third-order valence-corrected chi connectivity index (χ3v) is 6.25. The number of hydrogen-bond donors (Lipinski definition) is 1. The third-order valence-electron chi connectivity index (χ3n) is 5.92. The summed E-state index contributed by atoms with van der Waals surface area (Å²) in [4.78, 5) is 17.7. The fraction of sp³-hybridized carbons (Fsp3) is 0.261. The van der Waals surface area contributed by atoms with Crippen LogP contribution in [0.25, 0.3) is 22.2 Å². The quantitative estimate of drug-likeness (QED) is 0.604. The minimum absolute atomic E-state index is 0.206. The van der Waals surface area contributed by atoms with Gasteiger partial charge in [-0.05, 0) is 55.7 Å². The van der Waals surface area contributed by atoms with Crippen LogP contribution in [0.2, 0.25) is 5.02 Å². The molecule has 1 heterocycles. The van der Waals surface area contributed by atoms with Crippen molar-refractivity contribution < 1.29 is 4.79 Å². The standard InChI is InChI=1S/C23H20ClN3O/c24-19-7-3-1-6-17(19)22-13-18(16-5-2-4-8-20(16)25-22)23(28)27-26-21-12-14-9-10-15(21)11-14/h1-8,13-15H,9-12H2,(H,27,28). The summed E-state index contributed by atoms with van der Waals surface area (Å²) in [7, 11) is 0. The van der Waals surface area contributed by atoms with Crippen molar-refractivity contribution in [1.82, 2.24) is 10.4 Å². The Morgan fingerprint density at radius 1 is 1.11 bits per heavy atom. The van der Waals surface area contributed by atoms with Crippen molar-refractivity contribution in [2.75, 3.05) is 0 Å². The number of para-hydroxylation sites is 1. The molecular weight excluding hydrogens is 370 g/mol. The molecule has 1 aromatic heterocycles. The molecule has 5 heteroatoms. The molecule has 2 aliphatic rings. The van der Waals surface area contributed by atoms with E-state index in [1.54, 1.807) is 6.07 Å². The van der Waals surface area contributed by atoms with Crippen LogP contribution in [0.5, 0.6) is 0 Å². The lowest BCUT2D eigenvalue weighted by molar-refractivity contribution is 0.0956. The summed E-state index contributed by atoms with van der Waals surface area (Å²) in [5, 5.41) is 5.90. The maximum absolute atomic E-state index is 13.0. The zero-order chi connectivity index (χ0) is 19.1. The molecule has 5 rings (SSSR count). The summed E-state index contributed by atoms with van der Waals surface area (Å²) < 4.78 is 0. The van der Waals surface area contributed by atoms with Crippen molar-refractivity contribution in [1.29, 1.82) is 0 Å². The SMILES string of the molecule is O=C(NN=C1CC2CCC1C2)c1cc(-c2ccccc2Cl)nc2ccccc12. The molecule has 2 fully saturated rings. The number of aromatic nitrogens is 1. The maximum Gasteiger partial charge on any atom is 0.272 e. The van der Waals surface area contributed by atoms with E-state index in [0.29, 0.717) is 22.2 Å². The van der Waals surface area contributed by atoms with Gasteiger partial charge in [0.25, 0.3) is 5.91 Å². The van der Waals surface area contributed by atoms with Gasteiger partial charge in [-0.2, -0.15) is 5.10 Å². The highest BCUT2D eigenvalue weighted by molar-refractivity contribution is 6.33. The zero-order valence-corrected chi connectivity index (χ0v) is 16.1. The average Bonchev–Trinajstić information content (AvgIpc) is 3.35. The predicted octanol–water partition coefficient (Wildman–Crippen LogP) is 5.46. The summed E-state index contributed by atoms with van der Waals surface area (Å²) in [6, 6.07) is 17.0. The summed E-state index contributed by atoms with van der Waals surface area (Å²) in [5.41, 5.74) is 6.76. The third kappa shape index (κ3) is 3.08. The van der Waals surface area contributed by atoms with E-state index >= 15 is 0 Å². The van der Waals surface area contributed by atoms with E-state index in [4.69, 9.17) is 16.6 Å². The van der Waals surface area contributed by atoms with Gasteiger partial charge in [0.05, 0.1) is 16.8 Å². The Morgan fingerprint density at radius 3 is 2.71 bits per heavy atom. The van der Waals surface area contributed by atoms with E-state index in [-0.39, 0.29) is 5.91 Å². The Hall–Kier alpha value is -2.72. The molecule has 4 nitrogen and oxygen atoms in total. The van der Waals surface area contributed by atoms with Crippen LogP contribution in [0.4, 0.5) is 0 Å². The normalized spacial score (nSPS) is 22.1. The first-order valence-electron chi connectivity index (χ1n) is 9.70. The van der Waals surface area contributed by atoms with E-state index in [1.807, 2.05) is 48.5 Å². The first kappa shape index (κ1) is 17.4. The minimum Gasteiger partial charge on any atom is -0.267 e. The molecule has 140 valence electrons. The molecule has 2 aromatic carbocycles. The number of benzene rings is 2. The maximum atomic E-state index is 13.0. The number of halogens is 1. The van der Waals surface area contributed by atoms with E-state index in [1.165, 1.54) is 19.3 Å². The molecule has 3 aromatic rings. The molecule has 2 aliphatic carbocycles. The molecule has 28 heavy (non-hydrogen) atoms. The number of pyridine rings is 1. The molecule has 0 radical (unpaired) electrons. The van der Waals surface area contributed by atoms with E-state index in [2.05, 4.69) is 10.5 Å². The van der Waals surface area contributed by atoms with Gasteiger partial charge >= 0.3 is 0 Å². The second-order valence-corrected chi connectivity index (χ2v) is 8.08. The smallest absolute Gasteiger partial charge is 0.267 e. The molecular formula is C23H20ClN3O. The summed E-state index contributed by atoms with van der Waals surface area (Å²) >= 11 is 6.36. The van der Waals surface area contributed by atoms with Crippen LogP contribution < -0.4 is 5.43 Å². The molecule has 1 amide bonds. The van der Waals surface area contributed by atoms with E-state index in [0.717, 1.165) is 34.5 Å². The summed E-state index contributed by atoms with van der Waals surface area (Å²) in [6.07, 6.45) is 4.75. The first-order valence-corrected chi connectivity index (χ1v) is 10.1. The lowest BCUT2D eigenvalue weighted by atomic mass is 9.99. The summed E-state index contributed by atoms with van der Waals surface area (Å²) in [6.45, 7) is 0. The van der Waals surface area contributed by atoms with Crippen LogP contribution >= 0.6 is 11.6 Å². The van der Waals surface area contributed by atoms with Crippen LogP contribution in [0.1, 0.15) is 36.0 Å². The highest BCUT2D eigenvalue weighted by atomic mass is 35.5. The predicted molar refractivity (Wildman–Crippen MR) is 113 cm³/mol. The van der Waals surface area contributed by atoms with Crippen LogP contribution in [0.15, 0.2) is 59.7 Å². The van der Waals surface area contributed by atoms with Gasteiger partial charge in [0.2, 0.25) is 0 Å². The van der Waals surface area contributed by atoms with Crippen LogP contribution in [0.3, 0.4) is 0 Å². The Labute approximate surface area is 168 Å². The van der Waals surface area contributed by atoms with Crippen LogP contribution in [-0.2, 0) is 0 Å². The molecule has 2 atom stereocenters. The van der Waals surface area contributed by atoms with Crippen molar-refractivity contribution in [2.24, 2.45) is 16.9 Å². The van der Waals surface area contributed by atoms with Gasteiger partial charge < -0.3 is 0 Å². The number of carbonyl (C=O) groups excluding carboxylic acids is 1. The van der Waals surface area contributed by atoms with E-state index in [9.17, 15) is 4.79 Å². The van der Waals surface area contributed by atoms with Gasteiger partial charge in [-0.3, -0.25) is 4.79 Å². The van der Waals surface area contributed by atoms with Crippen molar-refractivity contribution >= 4 is 34.1 Å². The van der Waals surface area contributed by atoms with Crippen molar-refractivity contribution in [3.8, 4) is 11.3 Å². The van der Waals surface area contributed by atoms with Crippen molar-refractivity contribution in [3.05, 3.63) is 65.2 Å². The topological polar surface area (TPSA) is 54.4 Å². The second kappa shape index (κ2) is 7.02. The Bertz CT molecular complexity index is 1110. The monoisotopic (exact) mass is 389 g/mol. The molecule has 0 saturated heterocycles. The molecule has 0 spiro atoms. The number of hydrazone groups is 1. The number of amides is 1. The molecule has 2 bridgehead atoms.